The van der Waals surface area contributed by atoms with Crippen LogP contribution in [0.1, 0.15) is 27.0 Å². The Labute approximate surface area is 220 Å². The second kappa shape index (κ2) is 10.1. The first-order valence-electron chi connectivity index (χ1n) is 11.7. The fraction of sp³-hybridized carbons (Fsp3) is 0.250. The Kier molecular flexibility index (Phi) is 6.84. The Morgan fingerprint density at radius 2 is 1.78 bits per heavy atom. The van der Waals surface area contributed by atoms with Crippen molar-refractivity contribution in [2.75, 3.05) is 38.2 Å². The van der Waals surface area contributed by atoms with Crippen LogP contribution in [-0.2, 0) is 6.54 Å². The highest BCUT2D eigenvalue weighted by molar-refractivity contribution is 6.35. The number of aryl methyl sites for hydroxylation is 1. The molecule has 0 aliphatic carbocycles. The van der Waals surface area contributed by atoms with Crippen LogP contribution in [0.15, 0.2) is 54.3 Å². The Bertz CT molecular complexity index is 1350. The number of hydrogen-bond acceptors (Lipinski definition) is 6. The number of carbonyl (C=O) groups is 1. The highest BCUT2D eigenvalue weighted by Crippen LogP contribution is 2.42. The summed E-state index contributed by atoms with van der Waals surface area (Å²) >= 11 is 12.3. The van der Waals surface area contributed by atoms with Crippen molar-refractivity contribution < 1.29 is 19.4 Å². The van der Waals surface area contributed by atoms with Gasteiger partial charge in [0.05, 0.1) is 18.2 Å². The number of rotatable bonds is 5. The molecule has 0 saturated carbocycles. The van der Waals surface area contributed by atoms with Crippen LogP contribution in [0.5, 0.6) is 17.2 Å². The third kappa shape index (κ3) is 4.76. The maximum Gasteiger partial charge on any atom is 0.232 e. The first kappa shape index (κ1) is 24.5. The van der Waals surface area contributed by atoms with Gasteiger partial charge in [-0.2, -0.15) is 0 Å². The van der Waals surface area contributed by atoms with Crippen molar-refractivity contribution in [1.82, 2.24) is 4.90 Å². The minimum absolute atomic E-state index is 0.127. The number of allylic oxidation sites excluding steroid dienone is 1. The lowest BCUT2D eigenvalue weighted by atomic mass is 9.99. The largest absolute Gasteiger partial charge is 0.507 e. The molecule has 36 heavy (non-hydrogen) atoms. The Morgan fingerprint density at radius 3 is 2.44 bits per heavy atom. The molecule has 1 fully saturated rings. The highest BCUT2D eigenvalue weighted by Gasteiger charge is 2.34. The lowest BCUT2D eigenvalue weighted by Crippen LogP contribution is -2.46. The van der Waals surface area contributed by atoms with Gasteiger partial charge >= 0.3 is 0 Å². The van der Waals surface area contributed by atoms with E-state index in [4.69, 9.17) is 32.7 Å². The van der Waals surface area contributed by atoms with E-state index >= 15 is 0 Å². The highest BCUT2D eigenvalue weighted by atomic mass is 35.5. The number of ketones is 1. The Morgan fingerprint density at radius 1 is 1.06 bits per heavy atom. The Balaban J connectivity index is 1.35. The van der Waals surface area contributed by atoms with Crippen molar-refractivity contribution in [2.24, 2.45) is 0 Å². The maximum absolute atomic E-state index is 13.2. The fourth-order valence-electron chi connectivity index (χ4n) is 4.67. The van der Waals surface area contributed by atoms with Crippen molar-refractivity contribution in [3.05, 3.63) is 86.6 Å². The maximum atomic E-state index is 13.2. The summed E-state index contributed by atoms with van der Waals surface area (Å²) in [5.74, 6) is 1.34. The second-order valence-electron chi connectivity index (χ2n) is 8.96. The van der Waals surface area contributed by atoms with Gasteiger partial charge in [-0.15, -0.1) is 0 Å². The zero-order chi connectivity index (χ0) is 25.4. The zero-order valence-electron chi connectivity index (χ0n) is 20.1. The predicted molar refractivity (Wildman–Crippen MR) is 143 cm³/mol. The summed E-state index contributed by atoms with van der Waals surface area (Å²) in [7, 11) is 1.66. The molecule has 1 saturated heterocycles. The minimum Gasteiger partial charge on any atom is -0.507 e. The molecule has 8 heteroatoms. The normalized spacial score (nSPS) is 16.8. The van der Waals surface area contributed by atoms with E-state index in [0.29, 0.717) is 44.6 Å². The number of phenols is 1. The van der Waals surface area contributed by atoms with E-state index in [0.717, 1.165) is 37.6 Å². The van der Waals surface area contributed by atoms with Crippen LogP contribution in [0, 0.1) is 6.92 Å². The van der Waals surface area contributed by atoms with Crippen LogP contribution >= 0.6 is 23.2 Å². The van der Waals surface area contributed by atoms with E-state index in [1.54, 1.807) is 44.4 Å². The van der Waals surface area contributed by atoms with Crippen LogP contribution in [0.25, 0.3) is 6.08 Å². The summed E-state index contributed by atoms with van der Waals surface area (Å²) in [5, 5.41) is 11.7. The summed E-state index contributed by atoms with van der Waals surface area (Å²) < 4.78 is 11.3. The van der Waals surface area contributed by atoms with Gasteiger partial charge in [0.15, 0.2) is 5.76 Å². The van der Waals surface area contributed by atoms with Crippen LogP contribution in [0.3, 0.4) is 0 Å². The van der Waals surface area contributed by atoms with Gasteiger partial charge in [0.1, 0.15) is 17.2 Å². The molecular formula is C28H26Cl2N2O4. The SMILES string of the molecule is COc1ccc(N2CCN(Cc3c(O)cc(C)c4c3O/C(=C\c3ccc(Cl)cc3Cl)C4=O)CC2)cc1. The molecule has 6 nitrogen and oxygen atoms in total. The quantitative estimate of drug-likeness (QED) is 0.416. The van der Waals surface area contributed by atoms with Crippen molar-refractivity contribution in [2.45, 2.75) is 13.5 Å². The third-order valence-electron chi connectivity index (χ3n) is 6.66. The number of benzene rings is 3. The monoisotopic (exact) mass is 524 g/mol. The standard InChI is InChI=1S/C28H26Cl2N2O4/c1-17-13-24(33)22(16-31-9-11-32(12-10-31)20-5-7-21(35-2)8-6-20)28-26(17)27(34)25(36-28)14-18-3-4-19(29)15-23(18)30/h3-8,13-15,33H,9-12,16H2,1-2H3/b25-14-. The number of carbonyl (C=O) groups excluding carboxylic acids is 1. The first-order chi connectivity index (χ1) is 17.3. The third-order valence-corrected chi connectivity index (χ3v) is 7.22. The number of nitrogens with zero attached hydrogens (tertiary/aromatic N) is 2. The molecule has 0 unspecified atom stereocenters. The molecule has 3 aromatic rings. The molecule has 0 amide bonds. The van der Waals surface area contributed by atoms with Gasteiger partial charge in [0.25, 0.3) is 0 Å². The summed E-state index contributed by atoms with van der Waals surface area (Å²) in [4.78, 5) is 17.8. The van der Waals surface area contributed by atoms with E-state index in [2.05, 4.69) is 21.9 Å². The van der Waals surface area contributed by atoms with Gasteiger partial charge in [-0.3, -0.25) is 9.69 Å². The number of piperazine rings is 1. The van der Waals surface area contributed by atoms with Gasteiger partial charge in [0, 0.05) is 48.5 Å². The average molecular weight is 525 g/mol. The molecular weight excluding hydrogens is 499 g/mol. The van der Waals surface area contributed by atoms with E-state index in [-0.39, 0.29) is 17.3 Å². The molecule has 0 atom stereocenters. The zero-order valence-corrected chi connectivity index (χ0v) is 21.6. The van der Waals surface area contributed by atoms with Gasteiger partial charge in [-0.25, -0.2) is 0 Å². The van der Waals surface area contributed by atoms with Crippen molar-refractivity contribution in [1.29, 1.82) is 0 Å². The van der Waals surface area contributed by atoms with Gasteiger partial charge in [0.2, 0.25) is 5.78 Å². The Hall–Kier alpha value is -3.19. The van der Waals surface area contributed by atoms with Gasteiger partial charge < -0.3 is 19.5 Å². The topological polar surface area (TPSA) is 62.2 Å². The van der Waals surface area contributed by atoms with Gasteiger partial charge in [-0.1, -0.05) is 29.3 Å². The number of Topliss-reactive ketones (excluding diaryl/α,β-unsaturated/α-hetero) is 1. The molecule has 5 rings (SSSR count). The van der Waals surface area contributed by atoms with E-state index in [9.17, 15) is 9.90 Å². The van der Waals surface area contributed by atoms with Gasteiger partial charge in [-0.05, 0) is 66.6 Å². The lowest BCUT2D eigenvalue weighted by molar-refractivity contribution is 0.101. The van der Waals surface area contributed by atoms with Crippen LogP contribution < -0.4 is 14.4 Å². The molecule has 3 aromatic carbocycles. The number of anilines is 1. The summed E-state index contributed by atoms with van der Waals surface area (Å²) in [5.41, 5.74) is 3.56. The van der Waals surface area contributed by atoms with Crippen LogP contribution in [-0.4, -0.2) is 49.1 Å². The van der Waals surface area contributed by atoms with E-state index < -0.39 is 0 Å². The smallest absolute Gasteiger partial charge is 0.232 e. The number of ether oxygens (including phenoxy) is 2. The van der Waals surface area contributed by atoms with Crippen molar-refractivity contribution >= 4 is 40.7 Å². The summed E-state index contributed by atoms with van der Waals surface area (Å²) in [6.45, 7) is 5.60. The minimum atomic E-state index is -0.223. The predicted octanol–water partition coefficient (Wildman–Crippen LogP) is 5.95. The number of hydrogen-bond donors (Lipinski definition) is 1. The van der Waals surface area contributed by atoms with Crippen molar-refractivity contribution in [3.63, 3.8) is 0 Å². The summed E-state index contributed by atoms with van der Waals surface area (Å²) in [6.07, 6.45) is 1.62. The number of phenolic OH excluding ortho intramolecular Hbond substituents is 1. The van der Waals surface area contributed by atoms with E-state index in [1.807, 2.05) is 12.1 Å². The van der Waals surface area contributed by atoms with Crippen LogP contribution in [0.2, 0.25) is 10.0 Å². The molecule has 2 aliphatic rings. The van der Waals surface area contributed by atoms with Crippen molar-refractivity contribution in [3.8, 4) is 17.2 Å². The second-order valence-corrected chi connectivity index (χ2v) is 9.81. The molecule has 0 aromatic heterocycles. The fourth-order valence-corrected chi connectivity index (χ4v) is 5.14. The molecule has 0 spiro atoms. The summed E-state index contributed by atoms with van der Waals surface area (Å²) in [6, 6.07) is 14.8. The molecule has 2 aliphatic heterocycles. The van der Waals surface area contributed by atoms with Crippen LogP contribution in [0.4, 0.5) is 5.69 Å². The van der Waals surface area contributed by atoms with E-state index in [1.165, 1.54) is 0 Å². The first-order valence-corrected chi connectivity index (χ1v) is 12.5. The molecule has 1 N–H and O–H groups in total. The molecule has 186 valence electrons. The lowest BCUT2D eigenvalue weighted by Gasteiger charge is -2.36. The number of halogens is 2. The molecule has 0 radical (unpaired) electrons. The molecule has 0 bridgehead atoms. The number of methoxy groups -OCH3 is 1. The number of fused-ring (bicyclic) bond motifs is 1. The number of aromatic hydroxyl groups is 1. The molecule has 2 heterocycles. The average Bonchev–Trinajstić information content (AvgIpc) is 3.20.